The van der Waals surface area contributed by atoms with Crippen LogP contribution in [0.15, 0.2) is 33.9 Å². The number of aromatic nitrogens is 1. The summed E-state index contributed by atoms with van der Waals surface area (Å²) in [6.45, 7) is 0. The van der Waals surface area contributed by atoms with Gasteiger partial charge in [-0.2, -0.15) is 0 Å². The fourth-order valence-electron chi connectivity index (χ4n) is 2.34. The second-order valence-electron chi connectivity index (χ2n) is 5.03. The first kappa shape index (κ1) is 20.6. The summed E-state index contributed by atoms with van der Waals surface area (Å²) in [6, 6.07) is 7.62. The Kier molecular flexibility index (Phi) is 6.94. The van der Waals surface area contributed by atoms with Gasteiger partial charge in [-0.25, -0.2) is 4.98 Å². The first-order valence-electron chi connectivity index (χ1n) is 7.28. The minimum absolute atomic E-state index is 0. The molecule has 3 N–H and O–H groups in total. The van der Waals surface area contributed by atoms with E-state index in [9.17, 15) is 0 Å². The molecule has 0 saturated heterocycles. The van der Waals surface area contributed by atoms with Crippen molar-refractivity contribution in [3.63, 3.8) is 0 Å². The second-order valence-corrected chi connectivity index (χ2v) is 8.02. The van der Waals surface area contributed by atoms with E-state index < -0.39 is 0 Å². The summed E-state index contributed by atoms with van der Waals surface area (Å²) >= 11 is 4.72. The monoisotopic (exact) mass is 427 g/mol. The van der Waals surface area contributed by atoms with Crippen molar-refractivity contribution in [1.29, 1.82) is 5.41 Å². The largest absolute Gasteiger partial charge is 0.497 e. The smallest absolute Gasteiger partial charge is 0.133 e. The predicted octanol–water partition coefficient (Wildman–Crippen LogP) is 4.98. The molecule has 0 radical (unpaired) electrons. The van der Waals surface area contributed by atoms with Gasteiger partial charge >= 0.3 is 0 Å². The number of hydrogen-bond acceptors (Lipinski definition) is 7. The number of rotatable bonds is 6. The molecule has 3 rings (SSSR count). The van der Waals surface area contributed by atoms with Crippen LogP contribution in [0.3, 0.4) is 0 Å². The molecule has 0 atom stereocenters. The topological polar surface area (TPSA) is 81.2 Å². The lowest BCUT2D eigenvalue weighted by molar-refractivity contribution is 0.395. The fourth-order valence-corrected chi connectivity index (χ4v) is 5.04. The molecule has 0 fully saturated rings. The minimum atomic E-state index is 0. The van der Waals surface area contributed by atoms with Gasteiger partial charge in [0.05, 0.1) is 29.0 Å². The second kappa shape index (κ2) is 8.77. The number of amidine groups is 1. The van der Waals surface area contributed by atoms with E-state index in [0.29, 0.717) is 0 Å². The van der Waals surface area contributed by atoms with Gasteiger partial charge in [-0.15, -0.1) is 46.8 Å². The van der Waals surface area contributed by atoms with Crippen LogP contribution in [-0.2, 0) is 0 Å². The Hall–Kier alpha value is -1.74. The van der Waals surface area contributed by atoms with E-state index >= 15 is 0 Å². The van der Waals surface area contributed by atoms with Crippen LogP contribution in [0.2, 0.25) is 0 Å². The van der Waals surface area contributed by atoms with Gasteiger partial charge < -0.3 is 15.2 Å². The van der Waals surface area contributed by atoms with Gasteiger partial charge in [0.2, 0.25) is 0 Å². The molecule has 2 heterocycles. The van der Waals surface area contributed by atoms with Gasteiger partial charge in [-0.3, -0.25) is 5.41 Å². The van der Waals surface area contributed by atoms with Crippen molar-refractivity contribution in [2.24, 2.45) is 5.73 Å². The van der Waals surface area contributed by atoms with Crippen LogP contribution in [0.1, 0.15) is 4.88 Å². The van der Waals surface area contributed by atoms with Gasteiger partial charge in [0.25, 0.3) is 0 Å². The van der Waals surface area contributed by atoms with Crippen LogP contribution in [0, 0.1) is 5.41 Å². The Bertz CT molecular complexity index is 924. The van der Waals surface area contributed by atoms with Crippen LogP contribution >= 0.6 is 46.8 Å². The molecule has 2 aromatic heterocycles. The molecule has 0 bridgehead atoms. The Labute approximate surface area is 170 Å². The first-order chi connectivity index (χ1) is 12.1. The summed E-state index contributed by atoms with van der Waals surface area (Å²) in [5.41, 5.74) is 8.41. The number of nitrogens with one attached hydrogen (secondary N) is 1. The van der Waals surface area contributed by atoms with E-state index in [2.05, 4.69) is 0 Å². The van der Waals surface area contributed by atoms with Gasteiger partial charge in [0.1, 0.15) is 22.3 Å². The number of hydrogen-bond donors (Lipinski definition) is 2. The standard InChI is InChI=1S/C17H17N3O2S3.ClH/c1-21-9-4-5-10(13(6-9)22-2)12-8-24-16(20-12)11-7-14(15(18)19)25-17(11)23-3;/h4-8H,1-3H3,(H3,18,19);1H. The molecule has 138 valence electrons. The molecule has 3 aromatic rings. The van der Waals surface area contributed by atoms with Crippen molar-refractivity contribution >= 4 is 52.7 Å². The zero-order chi connectivity index (χ0) is 18.0. The molecule has 5 nitrogen and oxygen atoms in total. The SMILES string of the molecule is COc1ccc(-c2csc(-c3cc(C(=N)N)sc3SC)n2)c(OC)c1.Cl. The molecular weight excluding hydrogens is 410 g/mol. The van der Waals surface area contributed by atoms with Crippen LogP contribution in [0.4, 0.5) is 0 Å². The molecule has 0 unspecified atom stereocenters. The number of thiophene rings is 1. The highest BCUT2D eigenvalue weighted by atomic mass is 35.5. The Morgan fingerprint density at radius 1 is 1.19 bits per heavy atom. The quantitative estimate of drug-likeness (QED) is 0.329. The maximum atomic E-state index is 7.65. The van der Waals surface area contributed by atoms with Gasteiger partial charge in [0, 0.05) is 22.6 Å². The van der Waals surface area contributed by atoms with Crippen molar-refractivity contribution in [2.45, 2.75) is 4.21 Å². The Morgan fingerprint density at radius 2 is 1.96 bits per heavy atom. The highest BCUT2D eigenvalue weighted by Gasteiger charge is 2.17. The minimum Gasteiger partial charge on any atom is -0.497 e. The molecule has 0 aliphatic carbocycles. The molecule has 26 heavy (non-hydrogen) atoms. The summed E-state index contributed by atoms with van der Waals surface area (Å²) < 4.78 is 11.8. The highest BCUT2D eigenvalue weighted by molar-refractivity contribution is 8.00. The summed E-state index contributed by atoms with van der Waals surface area (Å²) in [5.74, 6) is 1.54. The third kappa shape index (κ3) is 3.98. The molecule has 1 aromatic carbocycles. The lowest BCUT2D eigenvalue weighted by Crippen LogP contribution is -2.08. The van der Waals surface area contributed by atoms with E-state index in [4.69, 9.17) is 25.6 Å². The number of nitrogen functional groups attached to an aromatic ring is 1. The number of benzene rings is 1. The molecular formula is C17H18ClN3O2S3. The van der Waals surface area contributed by atoms with Crippen molar-refractivity contribution in [3.8, 4) is 33.3 Å². The van der Waals surface area contributed by atoms with Crippen LogP contribution in [0.5, 0.6) is 11.5 Å². The molecule has 0 aliphatic heterocycles. The van der Waals surface area contributed by atoms with Crippen LogP contribution in [0.25, 0.3) is 21.8 Å². The fraction of sp³-hybridized carbons (Fsp3) is 0.176. The number of nitrogens with zero attached hydrogens (tertiary/aromatic N) is 1. The normalized spacial score (nSPS) is 10.3. The Balaban J connectivity index is 0.00000243. The van der Waals surface area contributed by atoms with Crippen LogP contribution in [-0.4, -0.2) is 31.3 Å². The third-order valence-corrected chi connectivity index (χ3v) is 6.75. The van der Waals surface area contributed by atoms with E-state index in [-0.39, 0.29) is 18.2 Å². The molecule has 0 aliphatic rings. The molecule has 9 heteroatoms. The number of halogens is 1. The maximum absolute atomic E-state index is 7.65. The zero-order valence-electron chi connectivity index (χ0n) is 14.4. The van der Waals surface area contributed by atoms with E-state index in [1.165, 1.54) is 11.3 Å². The summed E-state index contributed by atoms with van der Waals surface area (Å²) in [5, 5.41) is 10.6. The predicted molar refractivity (Wildman–Crippen MR) is 114 cm³/mol. The van der Waals surface area contributed by atoms with Crippen molar-refractivity contribution < 1.29 is 9.47 Å². The van der Waals surface area contributed by atoms with E-state index in [1.807, 2.05) is 35.9 Å². The Morgan fingerprint density at radius 3 is 2.58 bits per heavy atom. The third-order valence-electron chi connectivity index (χ3n) is 3.57. The first-order valence-corrected chi connectivity index (χ1v) is 10.2. The highest BCUT2D eigenvalue weighted by Crippen LogP contribution is 2.41. The number of ether oxygens (including phenoxy) is 2. The average molecular weight is 428 g/mol. The van der Waals surface area contributed by atoms with Gasteiger partial charge in [-0.05, 0) is 24.5 Å². The molecule has 0 amide bonds. The van der Waals surface area contributed by atoms with Crippen molar-refractivity contribution in [2.75, 3.05) is 20.5 Å². The maximum Gasteiger partial charge on any atom is 0.133 e. The van der Waals surface area contributed by atoms with Crippen LogP contribution < -0.4 is 15.2 Å². The molecule has 0 spiro atoms. The van der Waals surface area contributed by atoms with Gasteiger partial charge in [-0.1, -0.05) is 0 Å². The number of methoxy groups -OCH3 is 2. The van der Waals surface area contributed by atoms with Crippen molar-refractivity contribution in [1.82, 2.24) is 4.98 Å². The van der Waals surface area contributed by atoms with E-state index in [1.54, 1.807) is 37.3 Å². The number of thioether (sulfide) groups is 1. The summed E-state index contributed by atoms with van der Waals surface area (Å²) in [7, 11) is 3.26. The van der Waals surface area contributed by atoms with Crippen molar-refractivity contribution in [3.05, 3.63) is 34.5 Å². The number of nitrogens with two attached hydrogens (primary N) is 1. The van der Waals surface area contributed by atoms with Gasteiger partial charge in [0.15, 0.2) is 0 Å². The zero-order valence-corrected chi connectivity index (χ0v) is 17.6. The van der Waals surface area contributed by atoms with E-state index in [0.717, 1.165) is 42.4 Å². The lowest BCUT2D eigenvalue weighted by atomic mass is 10.1. The lowest BCUT2D eigenvalue weighted by Gasteiger charge is -2.08. The summed E-state index contributed by atoms with van der Waals surface area (Å²) in [6.07, 6.45) is 2.01. The summed E-state index contributed by atoms with van der Waals surface area (Å²) in [4.78, 5) is 5.54. The average Bonchev–Trinajstić information content (AvgIpc) is 3.27. The molecule has 0 saturated carbocycles. The number of thiazole rings is 1.